The van der Waals surface area contributed by atoms with Gasteiger partial charge in [0.1, 0.15) is 18.1 Å². The summed E-state index contributed by atoms with van der Waals surface area (Å²) in [5, 5.41) is 17.6. The van der Waals surface area contributed by atoms with Gasteiger partial charge in [0, 0.05) is 30.2 Å². The second-order valence-corrected chi connectivity index (χ2v) is 10.3. The van der Waals surface area contributed by atoms with E-state index in [9.17, 15) is 9.90 Å². The molecule has 224 valence electrons. The Morgan fingerprint density at radius 3 is 2.05 bits per heavy atom. The molecule has 7 nitrogen and oxygen atoms in total. The van der Waals surface area contributed by atoms with Crippen LogP contribution >= 0.6 is 0 Å². The number of anilines is 4. The normalized spacial score (nSPS) is 11.3. The Morgan fingerprint density at radius 2 is 1.41 bits per heavy atom. The molecule has 0 aromatic heterocycles. The van der Waals surface area contributed by atoms with Gasteiger partial charge in [0.15, 0.2) is 0 Å². The van der Waals surface area contributed by atoms with Crippen molar-refractivity contribution in [2.75, 3.05) is 28.7 Å². The number of aliphatic hydroxyl groups is 1. The lowest BCUT2D eigenvalue weighted by Gasteiger charge is -2.28. The van der Waals surface area contributed by atoms with E-state index in [1.807, 2.05) is 110 Å². The van der Waals surface area contributed by atoms with E-state index in [0.717, 1.165) is 33.9 Å². The summed E-state index contributed by atoms with van der Waals surface area (Å²) in [6.07, 6.45) is -0.207. The van der Waals surface area contributed by atoms with Crippen molar-refractivity contribution in [2.45, 2.75) is 26.2 Å². The van der Waals surface area contributed by atoms with Gasteiger partial charge in [-0.25, -0.2) is 0 Å². The average molecular weight is 588 g/mol. The number of hydrogen-bond acceptors (Lipinski definition) is 6. The first-order valence-corrected chi connectivity index (χ1v) is 14.7. The molecule has 1 atom stereocenters. The Kier molecular flexibility index (Phi) is 10.5. The van der Waals surface area contributed by atoms with Crippen molar-refractivity contribution in [1.82, 2.24) is 0 Å². The lowest BCUT2D eigenvalue weighted by atomic mass is 10.1. The van der Waals surface area contributed by atoms with Crippen molar-refractivity contribution in [1.29, 1.82) is 0 Å². The van der Waals surface area contributed by atoms with E-state index in [1.54, 1.807) is 12.1 Å². The monoisotopic (exact) mass is 587 g/mol. The van der Waals surface area contributed by atoms with Crippen molar-refractivity contribution < 1.29 is 19.4 Å². The van der Waals surface area contributed by atoms with Crippen molar-refractivity contribution in [3.8, 4) is 11.5 Å². The molecule has 0 fully saturated rings. The standard InChI is InChI=1S/C37H37N3O4/c1-2-43-34-20-16-32(17-21-34)39-31-14-18-33(19-15-31)40(24-28-9-5-3-6-10-28)25-36(42)30-13-22-37(35(23-30)38-27-41)44-26-29-11-7-4-8-12-29/h3-23,27,36,39,42H,2,24-26H2,1H3,(H,38,41)/t36-/m0/s1. The largest absolute Gasteiger partial charge is 0.494 e. The van der Waals surface area contributed by atoms with Gasteiger partial charge in [0.2, 0.25) is 6.41 Å². The summed E-state index contributed by atoms with van der Waals surface area (Å²) in [6, 6.07) is 41.4. The summed E-state index contributed by atoms with van der Waals surface area (Å²) in [5.74, 6) is 1.38. The Balaban J connectivity index is 1.31. The first-order valence-electron chi connectivity index (χ1n) is 14.7. The van der Waals surface area contributed by atoms with Gasteiger partial charge in [-0.1, -0.05) is 66.7 Å². The number of hydrogen-bond donors (Lipinski definition) is 3. The Labute approximate surface area is 258 Å². The van der Waals surface area contributed by atoms with Crippen LogP contribution in [0.25, 0.3) is 0 Å². The number of benzene rings is 5. The minimum atomic E-state index is -0.823. The van der Waals surface area contributed by atoms with Crippen LogP contribution in [-0.4, -0.2) is 24.7 Å². The minimum Gasteiger partial charge on any atom is -0.494 e. The Morgan fingerprint density at radius 1 is 0.773 bits per heavy atom. The van der Waals surface area contributed by atoms with Crippen molar-refractivity contribution in [3.05, 3.63) is 144 Å². The van der Waals surface area contributed by atoms with Crippen LogP contribution in [0.1, 0.15) is 29.7 Å². The van der Waals surface area contributed by atoms with E-state index in [2.05, 4.69) is 27.7 Å². The lowest BCUT2D eigenvalue weighted by Crippen LogP contribution is -2.28. The van der Waals surface area contributed by atoms with Crippen LogP contribution in [-0.2, 0) is 17.9 Å². The highest BCUT2D eigenvalue weighted by Gasteiger charge is 2.17. The fraction of sp³-hybridized carbons (Fsp3) is 0.162. The number of carbonyl (C=O) groups is 1. The molecule has 5 rings (SSSR count). The fourth-order valence-corrected chi connectivity index (χ4v) is 4.89. The second-order valence-electron chi connectivity index (χ2n) is 10.3. The van der Waals surface area contributed by atoms with Gasteiger partial charge in [0.05, 0.1) is 18.4 Å². The summed E-state index contributed by atoms with van der Waals surface area (Å²) >= 11 is 0. The smallest absolute Gasteiger partial charge is 0.211 e. The lowest BCUT2D eigenvalue weighted by molar-refractivity contribution is -0.105. The average Bonchev–Trinajstić information content (AvgIpc) is 3.06. The van der Waals surface area contributed by atoms with Gasteiger partial charge in [-0.2, -0.15) is 0 Å². The molecule has 0 saturated heterocycles. The van der Waals surface area contributed by atoms with E-state index < -0.39 is 6.10 Å². The topological polar surface area (TPSA) is 83.1 Å². The Bertz CT molecular complexity index is 1590. The highest BCUT2D eigenvalue weighted by Crippen LogP contribution is 2.31. The molecule has 1 amide bonds. The molecule has 0 radical (unpaired) electrons. The predicted molar refractivity (Wildman–Crippen MR) is 177 cm³/mol. The van der Waals surface area contributed by atoms with Crippen LogP contribution in [0.2, 0.25) is 0 Å². The molecule has 0 saturated carbocycles. The fourth-order valence-electron chi connectivity index (χ4n) is 4.89. The second kappa shape index (κ2) is 15.3. The van der Waals surface area contributed by atoms with Crippen molar-refractivity contribution >= 4 is 29.2 Å². The molecule has 7 heteroatoms. The summed E-state index contributed by atoms with van der Waals surface area (Å²) in [4.78, 5) is 13.5. The van der Waals surface area contributed by atoms with Gasteiger partial charge < -0.3 is 30.1 Å². The third kappa shape index (κ3) is 8.40. The number of amides is 1. The van der Waals surface area contributed by atoms with Crippen LogP contribution in [0.3, 0.4) is 0 Å². The van der Waals surface area contributed by atoms with E-state index in [0.29, 0.717) is 49.7 Å². The molecule has 0 bridgehead atoms. The molecule has 44 heavy (non-hydrogen) atoms. The SMILES string of the molecule is CCOc1ccc(Nc2ccc(N(Cc3ccccc3)C[C@H](O)c3ccc(OCc4ccccc4)c(NC=O)c3)cc2)cc1. The molecule has 0 aliphatic carbocycles. The van der Waals surface area contributed by atoms with E-state index in [1.165, 1.54) is 0 Å². The molecule has 0 unspecified atom stereocenters. The highest BCUT2D eigenvalue weighted by atomic mass is 16.5. The van der Waals surface area contributed by atoms with Crippen LogP contribution in [0.4, 0.5) is 22.7 Å². The van der Waals surface area contributed by atoms with E-state index >= 15 is 0 Å². The maximum Gasteiger partial charge on any atom is 0.211 e. The maximum absolute atomic E-state index is 11.4. The Hall–Kier alpha value is -5.27. The number of nitrogens with one attached hydrogen (secondary N) is 2. The quantitative estimate of drug-likeness (QED) is 0.109. The summed E-state index contributed by atoms with van der Waals surface area (Å²) in [5.41, 5.74) is 6.22. The molecule has 0 aliphatic heterocycles. The van der Waals surface area contributed by atoms with Crippen LogP contribution in [0, 0.1) is 0 Å². The molecule has 5 aromatic carbocycles. The molecular weight excluding hydrogens is 550 g/mol. The highest BCUT2D eigenvalue weighted by molar-refractivity contribution is 5.76. The summed E-state index contributed by atoms with van der Waals surface area (Å²) in [6.45, 7) is 3.92. The van der Waals surface area contributed by atoms with Crippen molar-refractivity contribution in [2.24, 2.45) is 0 Å². The maximum atomic E-state index is 11.4. The number of nitrogens with zero attached hydrogens (tertiary/aromatic N) is 1. The summed E-state index contributed by atoms with van der Waals surface area (Å²) < 4.78 is 11.5. The molecule has 0 aliphatic rings. The minimum absolute atomic E-state index is 0.339. The molecule has 3 N–H and O–H groups in total. The van der Waals surface area contributed by atoms with Crippen molar-refractivity contribution in [3.63, 3.8) is 0 Å². The predicted octanol–water partition coefficient (Wildman–Crippen LogP) is 7.72. The van der Waals surface area contributed by atoms with Crippen LogP contribution in [0.5, 0.6) is 11.5 Å². The van der Waals surface area contributed by atoms with Gasteiger partial charge in [0.25, 0.3) is 0 Å². The van der Waals surface area contributed by atoms with Gasteiger partial charge in [-0.15, -0.1) is 0 Å². The zero-order chi connectivity index (χ0) is 30.6. The number of ether oxygens (including phenoxy) is 2. The third-order valence-corrected chi connectivity index (χ3v) is 7.14. The molecule has 0 spiro atoms. The van der Waals surface area contributed by atoms with Crippen LogP contribution < -0.4 is 25.0 Å². The number of carbonyl (C=O) groups excluding carboxylic acids is 1. The number of rotatable bonds is 15. The van der Waals surface area contributed by atoms with E-state index in [-0.39, 0.29) is 0 Å². The van der Waals surface area contributed by atoms with Gasteiger partial charge in [-0.05, 0) is 84.3 Å². The first-order chi connectivity index (χ1) is 21.6. The molecule has 0 heterocycles. The van der Waals surface area contributed by atoms with Gasteiger partial charge in [-0.3, -0.25) is 4.79 Å². The first kappa shape index (κ1) is 30.2. The van der Waals surface area contributed by atoms with E-state index in [4.69, 9.17) is 9.47 Å². The number of aliphatic hydroxyl groups excluding tert-OH is 1. The third-order valence-electron chi connectivity index (χ3n) is 7.14. The van der Waals surface area contributed by atoms with Crippen LogP contribution in [0.15, 0.2) is 127 Å². The zero-order valence-electron chi connectivity index (χ0n) is 24.7. The van der Waals surface area contributed by atoms with Gasteiger partial charge >= 0.3 is 0 Å². The molecule has 5 aromatic rings. The summed E-state index contributed by atoms with van der Waals surface area (Å²) in [7, 11) is 0. The zero-order valence-corrected chi connectivity index (χ0v) is 24.7. The molecular formula is C37H37N3O4.